The minimum atomic E-state index is -0.892. The second-order valence-electron chi connectivity index (χ2n) is 4.04. The van der Waals surface area contributed by atoms with Crippen LogP contribution in [0.25, 0.3) is 0 Å². The highest BCUT2D eigenvalue weighted by Gasteiger charge is 2.29. The van der Waals surface area contributed by atoms with Crippen molar-refractivity contribution in [2.45, 2.75) is 6.04 Å². The lowest BCUT2D eigenvalue weighted by Crippen LogP contribution is -2.56. The number of aliphatic carboxylic acids is 1. The molecule has 1 aliphatic heterocycles. The first-order valence-corrected chi connectivity index (χ1v) is 5.52. The van der Waals surface area contributed by atoms with Gasteiger partial charge in [-0.15, -0.1) is 0 Å². The second-order valence-corrected chi connectivity index (χ2v) is 4.04. The van der Waals surface area contributed by atoms with Crippen molar-refractivity contribution >= 4 is 11.8 Å². The summed E-state index contributed by atoms with van der Waals surface area (Å²) in [6.45, 7) is 1.80. The molecule has 1 aromatic heterocycles. The van der Waals surface area contributed by atoms with Gasteiger partial charge in [0.25, 0.3) is 0 Å². The lowest BCUT2D eigenvalue weighted by Gasteiger charge is -2.32. The summed E-state index contributed by atoms with van der Waals surface area (Å²) in [4.78, 5) is 27.4. The number of carbonyl (C=O) groups excluding carboxylic acids is 1. The Labute approximate surface area is 98.6 Å². The van der Waals surface area contributed by atoms with Crippen LogP contribution in [0.4, 0.5) is 0 Å². The number of carboxylic acids is 1. The molecule has 1 aromatic rings. The Morgan fingerprint density at radius 3 is 3.00 bits per heavy atom. The molecule has 1 fully saturated rings. The molecule has 0 aliphatic carbocycles. The van der Waals surface area contributed by atoms with Crippen LogP contribution in [0.2, 0.25) is 0 Å². The third-order valence-electron chi connectivity index (χ3n) is 2.88. The first-order chi connectivity index (χ1) is 8.18. The van der Waals surface area contributed by atoms with Gasteiger partial charge in [-0.1, -0.05) is 0 Å². The van der Waals surface area contributed by atoms with Crippen molar-refractivity contribution in [3.05, 3.63) is 24.0 Å². The number of carboxylic acid groups (broad SMARTS) is 1. The summed E-state index contributed by atoms with van der Waals surface area (Å²) in [5, 5.41) is 12.1. The maximum Gasteiger partial charge on any atom is 0.322 e. The predicted octanol–water partition coefficient (Wildman–Crippen LogP) is -0.444. The number of aromatic amines is 1. The largest absolute Gasteiger partial charge is 0.480 e. The van der Waals surface area contributed by atoms with Gasteiger partial charge in [-0.2, -0.15) is 0 Å². The standard InChI is InChI=1S/C11H15N3O3/c15-10(8-2-1-3-13-8)7-14-5-4-12-6-9(14)11(16)17/h1-3,9,12-13H,4-7H2,(H,16,17)/t9-/m0/s1. The van der Waals surface area contributed by atoms with Crippen molar-refractivity contribution in [1.29, 1.82) is 0 Å². The van der Waals surface area contributed by atoms with E-state index in [0.717, 1.165) is 0 Å². The molecule has 0 aromatic carbocycles. The van der Waals surface area contributed by atoms with E-state index in [-0.39, 0.29) is 12.3 Å². The first-order valence-electron chi connectivity index (χ1n) is 5.52. The van der Waals surface area contributed by atoms with Gasteiger partial charge in [0.2, 0.25) is 0 Å². The Balaban J connectivity index is 2.01. The van der Waals surface area contributed by atoms with E-state index < -0.39 is 12.0 Å². The van der Waals surface area contributed by atoms with E-state index in [0.29, 0.717) is 25.3 Å². The smallest absolute Gasteiger partial charge is 0.322 e. The van der Waals surface area contributed by atoms with Crippen molar-refractivity contribution in [3.8, 4) is 0 Å². The first kappa shape index (κ1) is 11.8. The molecular weight excluding hydrogens is 222 g/mol. The summed E-state index contributed by atoms with van der Waals surface area (Å²) in [5.74, 6) is -0.973. The highest BCUT2D eigenvalue weighted by Crippen LogP contribution is 2.06. The van der Waals surface area contributed by atoms with Gasteiger partial charge in [0.05, 0.1) is 12.2 Å². The van der Waals surface area contributed by atoms with Crippen molar-refractivity contribution < 1.29 is 14.7 Å². The van der Waals surface area contributed by atoms with E-state index in [4.69, 9.17) is 5.11 Å². The van der Waals surface area contributed by atoms with Gasteiger partial charge >= 0.3 is 5.97 Å². The summed E-state index contributed by atoms with van der Waals surface area (Å²) in [5.41, 5.74) is 0.521. The van der Waals surface area contributed by atoms with Gasteiger partial charge in [-0.05, 0) is 12.1 Å². The van der Waals surface area contributed by atoms with E-state index in [1.165, 1.54) is 0 Å². The third kappa shape index (κ3) is 2.72. The lowest BCUT2D eigenvalue weighted by molar-refractivity contribution is -0.143. The molecule has 6 heteroatoms. The molecule has 2 heterocycles. The number of hydrogen-bond acceptors (Lipinski definition) is 4. The number of hydrogen-bond donors (Lipinski definition) is 3. The Hall–Kier alpha value is -1.66. The number of piperazine rings is 1. The van der Waals surface area contributed by atoms with Crippen LogP contribution >= 0.6 is 0 Å². The topological polar surface area (TPSA) is 85.4 Å². The molecule has 0 bridgehead atoms. The van der Waals surface area contributed by atoms with E-state index in [1.807, 2.05) is 0 Å². The maximum atomic E-state index is 11.9. The number of nitrogens with zero attached hydrogens (tertiary/aromatic N) is 1. The summed E-state index contributed by atoms with van der Waals surface area (Å²) < 4.78 is 0. The van der Waals surface area contributed by atoms with Crippen molar-refractivity contribution in [2.24, 2.45) is 0 Å². The number of rotatable bonds is 4. The minimum Gasteiger partial charge on any atom is -0.480 e. The Morgan fingerprint density at radius 2 is 2.35 bits per heavy atom. The second kappa shape index (κ2) is 5.11. The molecule has 6 nitrogen and oxygen atoms in total. The molecule has 0 amide bonds. The average Bonchev–Trinajstić information content (AvgIpc) is 2.83. The quantitative estimate of drug-likeness (QED) is 0.618. The monoisotopic (exact) mass is 237 g/mol. The summed E-state index contributed by atoms with van der Waals surface area (Å²) in [6, 6.07) is 2.82. The van der Waals surface area contributed by atoms with Crippen molar-refractivity contribution in [3.63, 3.8) is 0 Å². The molecule has 3 N–H and O–H groups in total. The van der Waals surface area contributed by atoms with Gasteiger partial charge in [0.15, 0.2) is 5.78 Å². The SMILES string of the molecule is O=C(CN1CCNC[C@H]1C(=O)O)c1ccc[nH]1. The molecule has 1 aliphatic rings. The van der Waals surface area contributed by atoms with Gasteiger partial charge < -0.3 is 15.4 Å². The molecule has 1 saturated heterocycles. The van der Waals surface area contributed by atoms with Crippen LogP contribution in [-0.4, -0.2) is 59.0 Å². The van der Waals surface area contributed by atoms with Crippen LogP contribution in [0.15, 0.2) is 18.3 Å². The number of nitrogens with one attached hydrogen (secondary N) is 2. The van der Waals surface area contributed by atoms with E-state index in [2.05, 4.69) is 10.3 Å². The molecule has 0 saturated carbocycles. The maximum absolute atomic E-state index is 11.9. The zero-order valence-corrected chi connectivity index (χ0v) is 9.35. The number of H-pyrrole nitrogens is 1. The third-order valence-corrected chi connectivity index (χ3v) is 2.88. The highest BCUT2D eigenvalue weighted by molar-refractivity contribution is 5.96. The predicted molar refractivity (Wildman–Crippen MR) is 61.0 cm³/mol. The van der Waals surface area contributed by atoms with Crippen LogP contribution in [-0.2, 0) is 4.79 Å². The van der Waals surface area contributed by atoms with E-state index in [9.17, 15) is 9.59 Å². The molecule has 1 atom stereocenters. The molecule has 0 radical (unpaired) electrons. The molecular formula is C11H15N3O3. The minimum absolute atomic E-state index is 0.0804. The van der Waals surface area contributed by atoms with E-state index in [1.54, 1.807) is 23.2 Å². The zero-order chi connectivity index (χ0) is 12.3. The summed E-state index contributed by atoms with van der Waals surface area (Å²) in [7, 11) is 0. The summed E-state index contributed by atoms with van der Waals surface area (Å²) in [6.07, 6.45) is 1.68. The highest BCUT2D eigenvalue weighted by atomic mass is 16.4. The van der Waals surface area contributed by atoms with E-state index >= 15 is 0 Å². The van der Waals surface area contributed by atoms with Crippen LogP contribution in [0.1, 0.15) is 10.5 Å². The Kier molecular flexibility index (Phi) is 3.55. The number of aromatic nitrogens is 1. The lowest BCUT2D eigenvalue weighted by atomic mass is 10.1. The molecule has 92 valence electrons. The fourth-order valence-corrected chi connectivity index (χ4v) is 1.95. The normalized spacial score (nSPS) is 21.3. The number of ketones is 1. The Morgan fingerprint density at radius 1 is 1.53 bits per heavy atom. The van der Waals surface area contributed by atoms with Gasteiger partial charge in [-0.25, -0.2) is 0 Å². The fourth-order valence-electron chi connectivity index (χ4n) is 1.95. The van der Waals surface area contributed by atoms with Crippen LogP contribution in [0, 0.1) is 0 Å². The van der Waals surface area contributed by atoms with Crippen LogP contribution < -0.4 is 5.32 Å². The molecule has 0 unspecified atom stereocenters. The van der Waals surface area contributed by atoms with Crippen LogP contribution in [0.3, 0.4) is 0 Å². The van der Waals surface area contributed by atoms with Gasteiger partial charge in [0.1, 0.15) is 6.04 Å². The van der Waals surface area contributed by atoms with Crippen molar-refractivity contribution in [1.82, 2.24) is 15.2 Å². The molecule has 0 spiro atoms. The molecule has 17 heavy (non-hydrogen) atoms. The number of carbonyl (C=O) groups is 2. The molecule has 2 rings (SSSR count). The Bertz CT molecular complexity index is 402. The van der Waals surface area contributed by atoms with Gasteiger partial charge in [0, 0.05) is 25.8 Å². The van der Waals surface area contributed by atoms with Crippen LogP contribution in [0.5, 0.6) is 0 Å². The van der Waals surface area contributed by atoms with Crippen molar-refractivity contribution in [2.75, 3.05) is 26.2 Å². The average molecular weight is 237 g/mol. The summed E-state index contributed by atoms with van der Waals surface area (Å²) >= 11 is 0. The van der Waals surface area contributed by atoms with Gasteiger partial charge in [-0.3, -0.25) is 14.5 Å². The zero-order valence-electron chi connectivity index (χ0n) is 9.35. The number of Topliss-reactive ketones (excluding diaryl/α,β-unsaturated/α-hetero) is 1. The fraction of sp³-hybridized carbons (Fsp3) is 0.455.